The summed E-state index contributed by atoms with van der Waals surface area (Å²) in [5.74, 6) is 0.708. The Morgan fingerprint density at radius 1 is 1.00 bits per heavy atom. The summed E-state index contributed by atoms with van der Waals surface area (Å²) in [7, 11) is 0. The zero-order chi connectivity index (χ0) is 20.5. The van der Waals surface area contributed by atoms with Gasteiger partial charge >= 0.3 is 0 Å². The molecule has 28 heavy (non-hydrogen) atoms. The second-order valence-corrected chi connectivity index (χ2v) is 7.31. The number of ether oxygens (including phenoxy) is 1. The first kappa shape index (κ1) is 21.3. The predicted octanol–water partition coefficient (Wildman–Crippen LogP) is 3.91. The van der Waals surface area contributed by atoms with Crippen molar-refractivity contribution in [2.75, 3.05) is 23.8 Å². The molecule has 0 spiro atoms. The minimum Gasteiger partial charge on any atom is -0.491 e. The molecule has 0 saturated heterocycles. The maximum atomic E-state index is 12.3. The number of amides is 2. The van der Waals surface area contributed by atoms with Crippen molar-refractivity contribution >= 4 is 23.2 Å². The summed E-state index contributed by atoms with van der Waals surface area (Å²) in [6, 6.07) is 14.5. The molecule has 0 unspecified atom stereocenters. The van der Waals surface area contributed by atoms with Crippen LogP contribution in [-0.4, -0.2) is 31.0 Å². The quantitative estimate of drug-likeness (QED) is 0.613. The summed E-state index contributed by atoms with van der Waals surface area (Å²) in [5.41, 5.74) is 1.89. The van der Waals surface area contributed by atoms with Crippen LogP contribution in [0.15, 0.2) is 48.5 Å². The summed E-state index contributed by atoms with van der Waals surface area (Å²) in [6.45, 7) is 8.62. The number of para-hydroxylation sites is 2. The Bertz CT molecular complexity index is 803. The number of anilines is 2. The van der Waals surface area contributed by atoms with E-state index in [2.05, 4.69) is 29.8 Å². The summed E-state index contributed by atoms with van der Waals surface area (Å²) in [5, 5.41) is 8.76. The zero-order valence-corrected chi connectivity index (χ0v) is 16.9. The molecule has 0 aliphatic rings. The second-order valence-electron chi connectivity index (χ2n) is 7.31. The summed E-state index contributed by atoms with van der Waals surface area (Å²) in [6.07, 6.45) is 0. The molecule has 0 aliphatic carbocycles. The lowest BCUT2D eigenvalue weighted by Gasteiger charge is -2.14. The highest BCUT2D eigenvalue weighted by molar-refractivity contribution is 5.96. The number of carbonyl (C=O) groups is 2. The third-order valence-electron chi connectivity index (χ3n) is 3.73. The Labute approximate surface area is 166 Å². The van der Waals surface area contributed by atoms with E-state index in [-0.39, 0.29) is 24.4 Å². The lowest BCUT2D eigenvalue weighted by atomic mass is 10.1. The fourth-order valence-corrected chi connectivity index (χ4v) is 2.44. The van der Waals surface area contributed by atoms with Gasteiger partial charge in [0.2, 0.25) is 5.91 Å². The zero-order valence-electron chi connectivity index (χ0n) is 16.9. The van der Waals surface area contributed by atoms with Crippen LogP contribution < -0.4 is 20.7 Å². The van der Waals surface area contributed by atoms with Crippen LogP contribution >= 0.6 is 0 Å². The summed E-state index contributed by atoms with van der Waals surface area (Å²) in [4.78, 5) is 24.4. The fourth-order valence-electron chi connectivity index (χ4n) is 2.44. The van der Waals surface area contributed by atoms with Crippen molar-refractivity contribution < 1.29 is 14.3 Å². The Hall–Kier alpha value is -3.02. The highest BCUT2D eigenvalue weighted by Crippen LogP contribution is 2.24. The molecule has 0 aromatic heterocycles. The van der Waals surface area contributed by atoms with Gasteiger partial charge in [-0.15, -0.1) is 0 Å². The van der Waals surface area contributed by atoms with Crippen molar-refractivity contribution in [1.82, 2.24) is 5.32 Å². The molecule has 3 N–H and O–H groups in total. The van der Waals surface area contributed by atoms with E-state index in [0.717, 1.165) is 0 Å². The first-order valence-electron chi connectivity index (χ1n) is 9.51. The van der Waals surface area contributed by atoms with Crippen LogP contribution in [-0.2, 0) is 4.79 Å². The molecule has 0 fully saturated rings. The lowest BCUT2D eigenvalue weighted by molar-refractivity contribution is -0.114. The van der Waals surface area contributed by atoms with Crippen LogP contribution in [0.3, 0.4) is 0 Å². The lowest BCUT2D eigenvalue weighted by Crippen LogP contribution is -2.30. The van der Waals surface area contributed by atoms with E-state index >= 15 is 0 Å². The molecule has 0 heterocycles. The van der Waals surface area contributed by atoms with Gasteiger partial charge in [-0.25, -0.2) is 0 Å². The SMILES string of the molecule is CC(C)COc1ccccc1NC(=O)CNc1cccc(C(=O)NC(C)C)c1. The van der Waals surface area contributed by atoms with Crippen molar-refractivity contribution in [3.8, 4) is 5.75 Å². The van der Waals surface area contributed by atoms with Gasteiger partial charge in [-0.05, 0) is 50.1 Å². The van der Waals surface area contributed by atoms with E-state index in [0.29, 0.717) is 35.2 Å². The fraction of sp³-hybridized carbons (Fsp3) is 0.364. The molecular formula is C22H29N3O3. The van der Waals surface area contributed by atoms with Crippen LogP contribution in [0.4, 0.5) is 11.4 Å². The smallest absolute Gasteiger partial charge is 0.251 e. The average molecular weight is 383 g/mol. The predicted molar refractivity (Wildman–Crippen MR) is 113 cm³/mol. The number of rotatable bonds is 9. The minimum absolute atomic E-state index is 0.0628. The van der Waals surface area contributed by atoms with Gasteiger partial charge in [-0.1, -0.05) is 32.0 Å². The topological polar surface area (TPSA) is 79.5 Å². The van der Waals surface area contributed by atoms with E-state index in [1.165, 1.54) is 0 Å². The summed E-state index contributed by atoms with van der Waals surface area (Å²) < 4.78 is 5.76. The maximum absolute atomic E-state index is 12.3. The molecule has 0 atom stereocenters. The van der Waals surface area contributed by atoms with Crippen LogP contribution in [0.5, 0.6) is 5.75 Å². The molecule has 2 aromatic rings. The highest BCUT2D eigenvalue weighted by Gasteiger charge is 2.10. The number of hydrogen-bond donors (Lipinski definition) is 3. The van der Waals surface area contributed by atoms with Gasteiger partial charge in [-0.3, -0.25) is 9.59 Å². The molecule has 0 saturated carbocycles. The molecule has 0 aliphatic heterocycles. The third kappa shape index (κ3) is 6.95. The Morgan fingerprint density at radius 3 is 2.46 bits per heavy atom. The maximum Gasteiger partial charge on any atom is 0.251 e. The Morgan fingerprint density at radius 2 is 1.75 bits per heavy atom. The van der Waals surface area contributed by atoms with Crippen LogP contribution in [0.25, 0.3) is 0 Å². The number of nitrogens with one attached hydrogen (secondary N) is 3. The first-order chi connectivity index (χ1) is 13.3. The van der Waals surface area contributed by atoms with E-state index in [4.69, 9.17) is 4.74 Å². The van der Waals surface area contributed by atoms with Gasteiger partial charge in [0.25, 0.3) is 5.91 Å². The molecular weight excluding hydrogens is 354 g/mol. The molecule has 6 heteroatoms. The van der Waals surface area contributed by atoms with E-state index in [1.807, 2.05) is 44.2 Å². The third-order valence-corrected chi connectivity index (χ3v) is 3.73. The van der Waals surface area contributed by atoms with Crippen molar-refractivity contribution in [3.05, 3.63) is 54.1 Å². The van der Waals surface area contributed by atoms with Crippen LogP contribution in [0, 0.1) is 5.92 Å². The van der Waals surface area contributed by atoms with Gasteiger partial charge in [-0.2, -0.15) is 0 Å². The molecule has 2 rings (SSSR count). The van der Waals surface area contributed by atoms with Gasteiger partial charge < -0.3 is 20.7 Å². The summed E-state index contributed by atoms with van der Waals surface area (Å²) >= 11 is 0. The normalized spacial score (nSPS) is 10.6. The molecule has 2 aromatic carbocycles. The van der Waals surface area contributed by atoms with Crippen LogP contribution in [0.1, 0.15) is 38.1 Å². The van der Waals surface area contributed by atoms with E-state index in [1.54, 1.807) is 18.2 Å². The minimum atomic E-state index is -0.197. The Kier molecular flexibility index (Phi) is 7.87. The van der Waals surface area contributed by atoms with Gasteiger partial charge in [0.05, 0.1) is 18.8 Å². The van der Waals surface area contributed by atoms with Crippen molar-refractivity contribution in [2.45, 2.75) is 33.7 Å². The molecule has 6 nitrogen and oxygen atoms in total. The van der Waals surface area contributed by atoms with Crippen molar-refractivity contribution in [3.63, 3.8) is 0 Å². The molecule has 150 valence electrons. The van der Waals surface area contributed by atoms with E-state index < -0.39 is 0 Å². The molecule has 0 radical (unpaired) electrons. The van der Waals surface area contributed by atoms with Crippen molar-refractivity contribution in [2.24, 2.45) is 5.92 Å². The largest absolute Gasteiger partial charge is 0.491 e. The van der Waals surface area contributed by atoms with Gasteiger partial charge in [0.15, 0.2) is 0 Å². The van der Waals surface area contributed by atoms with Gasteiger partial charge in [0, 0.05) is 17.3 Å². The molecule has 2 amide bonds. The van der Waals surface area contributed by atoms with Crippen LogP contribution in [0.2, 0.25) is 0 Å². The Balaban J connectivity index is 1.94. The van der Waals surface area contributed by atoms with Gasteiger partial charge in [0.1, 0.15) is 5.75 Å². The molecule has 0 bridgehead atoms. The number of hydrogen-bond acceptors (Lipinski definition) is 4. The first-order valence-corrected chi connectivity index (χ1v) is 9.51. The van der Waals surface area contributed by atoms with E-state index in [9.17, 15) is 9.59 Å². The standard InChI is InChI=1S/C22H29N3O3/c1-15(2)14-28-20-11-6-5-10-19(20)25-21(26)13-23-18-9-7-8-17(12-18)22(27)24-16(3)4/h5-12,15-16,23H,13-14H2,1-4H3,(H,24,27)(H,25,26). The number of benzene rings is 2. The number of carbonyl (C=O) groups excluding carboxylic acids is 2. The second kappa shape index (κ2) is 10.3. The monoisotopic (exact) mass is 383 g/mol. The van der Waals surface area contributed by atoms with Crippen molar-refractivity contribution in [1.29, 1.82) is 0 Å². The highest BCUT2D eigenvalue weighted by atomic mass is 16.5. The average Bonchev–Trinajstić information content (AvgIpc) is 2.65.